The van der Waals surface area contributed by atoms with E-state index in [1.165, 1.54) is 0 Å². The van der Waals surface area contributed by atoms with Gasteiger partial charge < -0.3 is 5.73 Å². The minimum Gasteiger partial charge on any atom is -0.330 e. The summed E-state index contributed by atoms with van der Waals surface area (Å²) in [6.45, 7) is 9.57. The Morgan fingerprint density at radius 2 is 1.75 bits per heavy atom. The topological polar surface area (TPSA) is 26.0 Å². The van der Waals surface area contributed by atoms with Gasteiger partial charge >= 0.3 is 0 Å². The Labute approximate surface area is 52.3 Å². The molecule has 1 heteroatoms. The number of rotatable bonds is 2. The molecule has 0 aromatic rings. The van der Waals surface area contributed by atoms with E-state index in [-0.39, 0.29) is 0 Å². The third-order valence-corrected chi connectivity index (χ3v) is 2.09. The highest BCUT2D eigenvalue weighted by Gasteiger charge is 2.19. The van der Waals surface area contributed by atoms with E-state index in [4.69, 9.17) is 5.73 Å². The van der Waals surface area contributed by atoms with Crippen molar-refractivity contribution < 1.29 is 0 Å². The first-order valence-electron chi connectivity index (χ1n) is 3.21. The Bertz CT molecular complexity index is 64.8. The van der Waals surface area contributed by atoms with Gasteiger partial charge in [-0.1, -0.05) is 27.7 Å². The summed E-state index contributed by atoms with van der Waals surface area (Å²) < 4.78 is 0. The predicted molar refractivity (Wildman–Crippen MR) is 37.7 cm³/mol. The summed E-state index contributed by atoms with van der Waals surface area (Å²) >= 11 is 0. The minimum absolute atomic E-state index is 0.319. The highest BCUT2D eigenvalue weighted by atomic mass is 14.6. The molecule has 0 saturated heterocycles. The molecule has 0 aromatic carbocycles. The maximum absolute atomic E-state index is 5.51. The van der Waals surface area contributed by atoms with Gasteiger partial charge in [-0.2, -0.15) is 0 Å². The maximum Gasteiger partial charge on any atom is -0.00234 e. The fourth-order valence-corrected chi connectivity index (χ4v) is 0.236. The predicted octanol–water partition coefficient (Wildman–Crippen LogP) is 1.63. The van der Waals surface area contributed by atoms with Gasteiger partial charge in [0.1, 0.15) is 0 Å². The smallest absolute Gasteiger partial charge is 0.00234 e. The van der Waals surface area contributed by atoms with Gasteiger partial charge in [0.25, 0.3) is 0 Å². The van der Waals surface area contributed by atoms with Crippen molar-refractivity contribution >= 4 is 0 Å². The molecule has 0 fully saturated rings. The maximum atomic E-state index is 5.51. The zero-order valence-electron chi connectivity index (χ0n) is 6.36. The Morgan fingerprint density at radius 1 is 1.38 bits per heavy atom. The third-order valence-electron chi connectivity index (χ3n) is 2.09. The van der Waals surface area contributed by atoms with Crippen molar-refractivity contribution in [3.05, 3.63) is 0 Å². The molecular weight excluding hydrogens is 98.1 g/mol. The SMILES string of the molecule is CC(C)C(C)(C)CN. The van der Waals surface area contributed by atoms with E-state index in [1.807, 2.05) is 0 Å². The largest absolute Gasteiger partial charge is 0.330 e. The van der Waals surface area contributed by atoms with Crippen molar-refractivity contribution in [2.45, 2.75) is 27.7 Å². The molecule has 50 valence electrons. The van der Waals surface area contributed by atoms with Crippen molar-refractivity contribution in [1.29, 1.82) is 0 Å². The number of hydrogen-bond acceptors (Lipinski definition) is 1. The highest BCUT2D eigenvalue weighted by molar-refractivity contribution is 4.72. The molecule has 0 saturated carbocycles. The van der Waals surface area contributed by atoms with Crippen LogP contribution in [0.1, 0.15) is 27.7 Å². The molecule has 0 rings (SSSR count). The third kappa shape index (κ3) is 1.83. The van der Waals surface area contributed by atoms with Crippen molar-refractivity contribution in [2.24, 2.45) is 17.1 Å². The van der Waals surface area contributed by atoms with Gasteiger partial charge in [0, 0.05) is 0 Å². The van der Waals surface area contributed by atoms with Crippen LogP contribution in [0, 0.1) is 11.3 Å². The van der Waals surface area contributed by atoms with Gasteiger partial charge in [0.2, 0.25) is 0 Å². The van der Waals surface area contributed by atoms with Crippen LogP contribution >= 0.6 is 0 Å². The Balaban J connectivity index is 3.71. The van der Waals surface area contributed by atoms with E-state index < -0.39 is 0 Å². The van der Waals surface area contributed by atoms with Crippen LogP contribution in [0.3, 0.4) is 0 Å². The lowest BCUT2D eigenvalue weighted by Crippen LogP contribution is -2.28. The van der Waals surface area contributed by atoms with Crippen LogP contribution < -0.4 is 5.73 Å². The van der Waals surface area contributed by atoms with E-state index in [0.717, 1.165) is 6.54 Å². The lowest BCUT2D eigenvalue weighted by molar-refractivity contribution is 0.261. The first-order chi connectivity index (χ1) is 3.50. The molecule has 0 atom stereocenters. The summed E-state index contributed by atoms with van der Waals surface area (Å²) in [4.78, 5) is 0. The molecule has 0 bridgehead atoms. The molecule has 0 aliphatic carbocycles. The van der Waals surface area contributed by atoms with Crippen LogP contribution in [-0.4, -0.2) is 6.54 Å². The summed E-state index contributed by atoms with van der Waals surface area (Å²) in [5.41, 5.74) is 5.83. The van der Waals surface area contributed by atoms with E-state index in [9.17, 15) is 0 Å². The van der Waals surface area contributed by atoms with E-state index in [1.54, 1.807) is 0 Å². The zero-order chi connectivity index (χ0) is 6.78. The summed E-state index contributed by atoms with van der Waals surface area (Å²) in [5, 5.41) is 0. The monoisotopic (exact) mass is 115 g/mol. The standard InChI is InChI=1S/C7H17N/c1-6(2)7(3,4)5-8/h6H,5,8H2,1-4H3. The molecule has 0 spiro atoms. The van der Waals surface area contributed by atoms with Gasteiger partial charge in [-0.3, -0.25) is 0 Å². The molecule has 0 heterocycles. The molecule has 0 aromatic heterocycles. The molecule has 0 unspecified atom stereocenters. The average molecular weight is 115 g/mol. The van der Waals surface area contributed by atoms with Crippen LogP contribution in [0.15, 0.2) is 0 Å². The van der Waals surface area contributed by atoms with E-state index in [2.05, 4.69) is 27.7 Å². The van der Waals surface area contributed by atoms with Gasteiger partial charge in [-0.05, 0) is 17.9 Å². The van der Waals surface area contributed by atoms with E-state index in [0.29, 0.717) is 11.3 Å². The molecular formula is C7H17N. The quantitative estimate of drug-likeness (QED) is 0.581. The van der Waals surface area contributed by atoms with Crippen LogP contribution in [-0.2, 0) is 0 Å². The van der Waals surface area contributed by atoms with Gasteiger partial charge in [-0.15, -0.1) is 0 Å². The highest BCUT2D eigenvalue weighted by Crippen LogP contribution is 2.23. The summed E-state index contributed by atoms with van der Waals surface area (Å²) in [7, 11) is 0. The molecule has 0 amide bonds. The summed E-state index contributed by atoms with van der Waals surface area (Å²) in [6, 6.07) is 0. The fourth-order valence-electron chi connectivity index (χ4n) is 0.236. The van der Waals surface area contributed by atoms with Crippen molar-refractivity contribution in [3.63, 3.8) is 0 Å². The molecule has 0 radical (unpaired) electrons. The molecule has 0 aliphatic rings. The normalized spacial score (nSPS) is 12.8. The molecule has 0 aliphatic heterocycles. The van der Waals surface area contributed by atoms with Crippen molar-refractivity contribution in [3.8, 4) is 0 Å². The fraction of sp³-hybridized carbons (Fsp3) is 1.00. The molecule has 8 heavy (non-hydrogen) atoms. The second kappa shape index (κ2) is 2.49. The minimum atomic E-state index is 0.319. The second-order valence-corrected chi connectivity index (χ2v) is 3.35. The molecule has 2 N–H and O–H groups in total. The van der Waals surface area contributed by atoms with Crippen molar-refractivity contribution in [2.75, 3.05) is 6.54 Å². The lowest BCUT2D eigenvalue weighted by Gasteiger charge is -2.26. The summed E-state index contributed by atoms with van der Waals surface area (Å²) in [5.74, 6) is 0.687. The van der Waals surface area contributed by atoms with Gasteiger partial charge in [-0.25, -0.2) is 0 Å². The second-order valence-electron chi connectivity index (χ2n) is 3.35. The number of hydrogen-bond donors (Lipinski definition) is 1. The van der Waals surface area contributed by atoms with Crippen molar-refractivity contribution in [1.82, 2.24) is 0 Å². The van der Waals surface area contributed by atoms with Gasteiger partial charge in [0.15, 0.2) is 0 Å². The lowest BCUT2D eigenvalue weighted by atomic mass is 9.81. The van der Waals surface area contributed by atoms with Crippen LogP contribution in [0.2, 0.25) is 0 Å². The van der Waals surface area contributed by atoms with Gasteiger partial charge in [0.05, 0.1) is 0 Å². The van der Waals surface area contributed by atoms with Crippen LogP contribution in [0.4, 0.5) is 0 Å². The first kappa shape index (κ1) is 7.96. The average Bonchev–Trinajstić information content (AvgIpc) is 1.67. The first-order valence-corrected chi connectivity index (χ1v) is 3.21. The Hall–Kier alpha value is -0.0400. The number of nitrogens with two attached hydrogens (primary N) is 1. The molecule has 1 nitrogen and oxygen atoms in total. The van der Waals surface area contributed by atoms with Crippen LogP contribution in [0.5, 0.6) is 0 Å². The van der Waals surface area contributed by atoms with Crippen LogP contribution in [0.25, 0.3) is 0 Å². The Kier molecular flexibility index (Phi) is 2.48. The summed E-state index contributed by atoms with van der Waals surface area (Å²) in [6.07, 6.45) is 0. The zero-order valence-corrected chi connectivity index (χ0v) is 6.36. The Morgan fingerprint density at radius 3 is 1.75 bits per heavy atom. The van der Waals surface area contributed by atoms with E-state index >= 15 is 0 Å².